The number of aryl methyl sites for hydroxylation is 2. The van der Waals surface area contributed by atoms with E-state index < -0.39 is 0 Å². The summed E-state index contributed by atoms with van der Waals surface area (Å²) >= 11 is 6.81. The van der Waals surface area contributed by atoms with Crippen molar-refractivity contribution in [1.29, 1.82) is 0 Å². The van der Waals surface area contributed by atoms with Gasteiger partial charge in [-0.3, -0.25) is 9.69 Å². The molecule has 1 fully saturated rings. The lowest BCUT2D eigenvalue weighted by molar-refractivity contribution is -0.122. The number of thiocarbonyl (C=S) groups is 1. The number of carbonyl (C=O) groups excluding carboxylic acids is 1. The van der Waals surface area contributed by atoms with Gasteiger partial charge in [0.25, 0.3) is 5.91 Å². The van der Waals surface area contributed by atoms with E-state index >= 15 is 0 Å². The second-order valence-electron chi connectivity index (χ2n) is 8.51. The highest BCUT2D eigenvalue weighted by molar-refractivity contribution is 8.26. The van der Waals surface area contributed by atoms with Gasteiger partial charge in [0.05, 0.1) is 31.8 Å². The van der Waals surface area contributed by atoms with Gasteiger partial charge >= 0.3 is 0 Å². The number of rotatable bonds is 10. The van der Waals surface area contributed by atoms with E-state index in [0.29, 0.717) is 46.9 Å². The molecule has 0 unspecified atom stereocenters. The Balaban J connectivity index is 1.42. The first-order valence-corrected chi connectivity index (χ1v) is 13.0. The molecule has 36 heavy (non-hydrogen) atoms. The zero-order chi connectivity index (χ0) is 25.5. The maximum Gasteiger partial charge on any atom is 0.266 e. The van der Waals surface area contributed by atoms with Crippen molar-refractivity contribution >= 4 is 40.3 Å². The number of nitrogens with zero attached hydrogens (tertiary/aromatic N) is 1. The second kappa shape index (κ2) is 12.1. The minimum absolute atomic E-state index is 0.107. The Morgan fingerprint density at radius 3 is 2.39 bits per heavy atom. The average molecular weight is 520 g/mol. The predicted octanol–water partition coefficient (Wildman–Crippen LogP) is 6.56. The molecule has 1 aliphatic heterocycles. The Labute approximate surface area is 222 Å². The van der Waals surface area contributed by atoms with Crippen LogP contribution in [0.2, 0.25) is 0 Å². The molecular formula is C29H29NO4S2. The van der Waals surface area contributed by atoms with Crippen LogP contribution in [0.3, 0.4) is 0 Å². The fourth-order valence-electron chi connectivity index (χ4n) is 3.94. The van der Waals surface area contributed by atoms with E-state index in [2.05, 4.69) is 19.9 Å². The van der Waals surface area contributed by atoms with Gasteiger partial charge < -0.3 is 14.2 Å². The molecule has 186 valence electrons. The molecule has 7 heteroatoms. The third-order valence-electron chi connectivity index (χ3n) is 5.57. The minimum Gasteiger partial charge on any atom is -0.493 e. The lowest BCUT2D eigenvalue weighted by Gasteiger charge is -2.15. The fourth-order valence-corrected chi connectivity index (χ4v) is 5.19. The van der Waals surface area contributed by atoms with Crippen LogP contribution in [0.5, 0.6) is 17.2 Å². The van der Waals surface area contributed by atoms with Crippen LogP contribution in [0.25, 0.3) is 6.08 Å². The van der Waals surface area contributed by atoms with Crippen molar-refractivity contribution in [3.8, 4) is 17.2 Å². The largest absolute Gasteiger partial charge is 0.493 e. The Hall–Kier alpha value is -3.29. The maximum absolute atomic E-state index is 13.1. The van der Waals surface area contributed by atoms with E-state index in [1.807, 2.05) is 66.7 Å². The molecule has 0 bridgehead atoms. The Morgan fingerprint density at radius 2 is 1.67 bits per heavy atom. The molecule has 1 heterocycles. The van der Waals surface area contributed by atoms with Gasteiger partial charge in [0, 0.05) is 12.0 Å². The summed E-state index contributed by atoms with van der Waals surface area (Å²) in [4.78, 5) is 15.3. The van der Waals surface area contributed by atoms with E-state index in [4.69, 9.17) is 26.4 Å². The molecule has 1 aliphatic rings. The third kappa shape index (κ3) is 6.47. The van der Waals surface area contributed by atoms with E-state index in [1.54, 1.807) is 12.0 Å². The Bertz CT molecular complexity index is 1250. The van der Waals surface area contributed by atoms with Crippen molar-refractivity contribution in [2.75, 3.05) is 20.3 Å². The number of ether oxygens (including phenoxy) is 3. The lowest BCUT2D eigenvalue weighted by atomic mass is 10.1. The number of amides is 1. The molecule has 0 aliphatic carbocycles. The van der Waals surface area contributed by atoms with Crippen molar-refractivity contribution in [2.45, 2.75) is 26.8 Å². The van der Waals surface area contributed by atoms with Crippen LogP contribution in [-0.4, -0.2) is 35.5 Å². The summed E-state index contributed by atoms with van der Waals surface area (Å²) in [7, 11) is 1.61. The van der Waals surface area contributed by atoms with Crippen LogP contribution in [-0.2, 0) is 11.3 Å². The highest BCUT2D eigenvalue weighted by atomic mass is 32.2. The molecule has 5 nitrogen and oxygen atoms in total. The molecule has 1 saturated heterocycles. The first-order valence-electron chi connectivity index (χ1n) is 11.7. The smallest absolute Gasteiger partial charge is 0.266 e. The normalized spacial score (nSPS) is 14.4. The molecule has 3 aromatic rings. The molecule has 4 rings (SSSR count). The highest BCUT2D eigenvalue weighted by Gasteiger charge is 2.32. The van der Waals surface area contributed by atoms with Crippen LogP contribution >= 0.6 is 24.0 Å². The van der Waals surface area contributed by atoms with E-state index in [1.165, 1.54) is 22.9 Å². The molecule has 1 amide bonds. The molecule has 0 radical (unpaired) electrons. The SMILES string of the molecule is COc1cccc(/C=C2\SC(=S)N(Cc3ccccc3)C2=O)c1OCCCOc1cc(C)cc(C)c1. The summed E-state index contributed by atoms with van der Waals surface area (Å²) in [5, 5.41) is 0. The number of para-hydroxylation sites is 1. The van der Waals surface area contributed by atoms with E-state index in [-0.39, 0.29) is 5.91 Å². The predicted molar refractivity (Wildman–Crippen MR) is 150 cm³/mol. The van der Waals surface area contributed by atoms with Gasteiger partial charge in [0.15, 0.2) is 11.5 Å². The highest BCUT2D eigenvalue weighted by Crippen LogP contribution is 2.38. The van der Waals surface area contributed by atoms with Gasteiger partial charge in [-0.1, -0.05) is 72.5 Å². The molecular weight excluding hydrogens is 490 g/mol. The number of thioether (sulfide) groups is 1. The summed E-state index contributed by atoms with van der Waals surface area (Å²) in [5.74, 6) is 1.96. The molecule has 0 saturated carbocycles. The fraction of sp³-hybridized carbons (Fsp3) is 0.241. The van der Waals surface area contributed by atoms with Gasteiger partial charge in [-0.05, 0) is 54.8 Å². The van der Waals surface area contributed by atoms with Gasteiger partial charge in [0.1, 0.15) is 10.1 Å². The maximum atomic E-state index is 13.1. The average Bonchev–Trinajstić information content (AvgIpc) is 3.11. The zero-order valence-electron chi connectivity index (χ0n) is 20.7. The van der Waals surface area contributed by atoms with Gasteiger partial charge in [-0.15, -0.1) is 0 Å². The van der Waals surface area contributed by atoms with Crippen LogP contribution in [0.1, 0.15) is 28.7 Å². The van der Waals surface area contributed by atoms with Crippen molar-refractivity contribution < 1.29 is 19.0 Å². The summed E-state index contributed by atoms with van der Waals surface area (Å²) in [6.45, 7) is 5.54. The monoisotopic (exact) mass is 519 g/mol. The topological polar surface area (TPSA) is 48.0 Å². The minimum atomic E-state index is -0.107. The van der Waals surface area contributed by atoms with Gasteiger partial charge in [-0.2, -0.15) is 0 Å². The van der Waals surface area contributed by atoms with Crippen LogP contribution in [0.15, 0.2) is 71.6 Å². The number of hydrogen-bond acceptors (Lipinski definition) is 6. The standard InChI is InChI=1S/C29H29NO4S2/c1-20-15-21(2)17-24(16-20)33-13-8-14-34-27-23(11-7-12-25(27)32-3)18-26-28(31)30(29(35)36-26)19-22-9-5-4-6-10-22/h4-7,9-12,15-18H,8,13-14,19H2,1-3H3/b26-18-. The molecule has 0 aromatic heterocycles. The summed E-state index contributed by atoms with van der Waals surface area (Å²) < 4.78 is 18.1. The van der Waals surface area contributed by atoms with Crippen LogP contribution in [0.4, 0.5) is 0 Å². The van der Waals surface area contributed by atoms with E-state index in [9.17, 15) is 4.79 Å². The van der Waals surface area contributed by atoms with Crippen molar-refractivity contribution in [2.24, 2.45) is 0 Å². The lowest BCUT2D eigenvalue weighted by Crippen LogP contribution is -2.27. The number of benzene rings is 3. The number of hydrogen-bond donors (Lipinski definition) is 0. The van der Waals surface area contributed by atoms with Gasteiger partial charge in [-0.25, -0.2) is 0 Å². The molecule has 0 atom stereocenters. The van der Waals surface area contributed by atoms with Crippen LogP contribution < -0.4 is 14.2 Å². The first kappa shape index (κ1) is 25.8. The summed E-state index contributed by atoms with van der Waals surface area (Å²) in [6.07, 6.45) is 2.53. The van der Waals surface area contributed by atoms with Crippen molar-refractivity contribution in [3.63, 3.8) is 0 Å². The van der Waals surface area contributed by atoms with Crippen molar-refractivity contribution in [3.05, 3.63) is 93.9 Å². The zero-order valence-corrected chi connectivity index (χ0v) is 22.3. The molecule has 3 aromatic carbocycles. The Kier molecular flexibility index (Phi) is 8.67. The van der Waals surface area contributed by atoms with Crippen molar-refractivity contribution in [1.82, 2.24) is 4.90 Å². The quantitative estimate of drug-likeness (QED) is 0.172. The van der Waals surface area contributed by atoms with Crippen LogP contribution in [0, 0.1) is 13.8 Å². The summed E-state index contributed by atoms with van der Waals surface area (Å²) in [5.41, 5.74) is 4.15. The summed E-state index contributed by atoms with van der Waals surface area (Å²) in [6, 6.07) is 21.6. The Morgan fingerprint density at radius 1 is 0.944 bits per heavy atom. The molecule has 0 N–H and O–H groups in total. The van der Waals surface area contributed by atoms with Gasteiger partial charge in [0.2, 0.25) is 0 Å². The number of carbonyl (C=O) groups is 1. The third-order valence-corrected chi connectivity index (χ3v) is 6.95. The van der Waals surface area contributed by atoms with E-state index in [0.717, 1.165) is 16.9 Å². The second-order valence-corrected chi connectivity index (χ2v) is 10.2. The number of methoxy groups -OCH3 is 1. The first-order chi connectivity index (χ1) is 17.4. The molecule has 0 spiro atoms.